The summed E-state index contributed by atoms with van der Waals surface area (Å²) >= 11 is 0. The number of rotatable bonds is 7. The lowest BCUT2D eigenvalue weighted by Gasteiger charge is -2.08. The van der Waals surface area contributed by atoms with E-state index in [-0.39, 0.29) is 11.3 Å². The number of nitrogens with one attached hydrogen (secondary N) is 1. The smallest absolute Gasteiger partial charge is 0.339 e. The van der Waals surface area contributed by atoms with Crippen LogP contribution in [-0.2, 0) is 13.6 Å². The van der Waals surface area contributed by atoms with Crippen molar-refractivity contribution in [3.63, 3.8) is 0 Å². The van der Waals surface area contributed by atoms with E-state index in [1.165, 1.54) is 29.4 Å². The van der Waals surface area contributed by atoms with Gasteiger partial charge in [0.1, 0.15) is 11.3 Å². The van der Waals surface area contributed by atoms with E-state index in [1.54, 1.807) is 13.2 Å². The second kappa shape index (κ2) is 6.23. The molecule has 1 fully saturated rings. The number of carbonyl (C=O) groups excluding carboxylic acids is 1. The molecule has 1 saturated carbocycles. The fraction of sp³-hybridized carbons (Fsp3) is 0.467. The van der Waals surface area contributed by atoms with Gasteiger partial charge in [-0.05, 0) is 25.3 Å². The number of hydrogen-bond acceptors (Lipinski definition) is 4. The summed E-state index contributed by atoms with van der Waals surface area (Å²) in [6.07, 6.45) is 6.17. The van der Waals surface area contributed by atoms with Crippen LogP contribution in [0.5, 0.6) is 0 Å². The number of hydrogen-bond donors (Lipinski definition) is 2. The standard InChI is InChI=1S/C15H19N5O3/c1-19-13(11(9-18-19)15(22)23)14(21)16-6-2-8-20-12(5-7-17-20)10-3-4-10/h5,7,9-10H,2-4,6,8H2,1H3,(H,16,21)(H,22,23). The van der Waals surface area contributed by atoms with Gasteiger partial charge in [0.05, 0.1) is 6.20 Å². The van der Waals surface area contributed by atoms with Crippen LogP contribution < -0.4 is 5.32 Å². The Morgan fingerprint density at radius 2 is 2.17 bits per heavy atom. The van der Waals surface area contributed by atoms with Crippen molar-refractivity contribution < 1.29 is 14.7 Å². The largest absolute Gasteiger partial charge is 0.478 e. The van der Waals surface area contributed by atoms with Crippen LogP contribution in [-0.4, -0.2) is 43.1 Å². The maximum absolute atomic E-state index is 12.1. The van der Waals surface area contributed by atoms with Gasteiger partial charge >= 0.3 is 5.97 Å². The van der Waals surface area contributed by atoms with E-state index < -0.39 is 11.9 Å². The zero-order chi connectivity index (χ0) is 16.4. The van der Waals surface area contributed by atoms with Crippen molar-refractivity contribution >= 4 is 11.9 Å². The first-order valence-corrected chi connectivity index (χ1v) is 7.63. The SMILES string of the molecule is Cn1ncc(C(=O)O)c1C(=O)NCCCn1nccc1C1CC1. The molecule has 0 spiro atoms. The van der Waals surface area contributed by atoms with Crippen molar-refractivity contribution in [2.24, 2.45) is 7.05 Å². The number of nitrogens with zero attached hydrogens (tertiary/aromatic N) is 4. The number of aryl methyl sites for hydroxylation is 2. The number of aromatic nitrogens is 4. The number of carboxylic acid groups (broad SMARTS) is 1. The molecule has 0 unspecified atom stereocenters. The maximum atomic E-state index is 12.1. The predicted octanol–water partition coefficient (Wildman–Crippen LogP) is 1.01. The van der Waals surface area contributed by atoms with Crippen molar-refractivity contribution in [1.29, 1.82) is 0 Å². The molecule has 3 rings (SSSR count). The Morgan fingerprint density at radius 1 is 1.39 bits per heavy atom. The van der Waals surface area contributed by atoms with Crippen molar-refractivity contribution in [3.8, 4) is 0 Å². The molecule has 122 valence electrons. The molecule has 23 heavy (non-hydrogen) atoms. The zero-order valence-electron chi connectivity index (χ0n) is 12.9. The van der Waals surface area contributed by atoms with Crippen LogP contribution in [0, 0.1) is 0 Å². The van der Waals surface area contributed by atoms with Gasteiger partial charge in [-0.25, -0.2) is 4.79 Å². The van der Waals surface area contributed by atoms with Crippen LogP contribution in [0.15, 0.2) is 18.5 Å². The first-order chi connectivity index (χ1) is 11.1. The van der Waals surface area contributed by atoms with Crippen LogP contribution in [0.25, 0.3) is 0 Å². The average molecular weight is 317 g/mol. The van der Waals surface area contributed by atoms with E-state index in [0.29, 0.717) is 12.5 Å². The molecule has 2 heterocycles. The van der Waals surface area contributed by atoms with Crippen LogP contribution in [0.3, 0.4) is 0 Å². The monoisotopic (exact) mass is 317 g/mol. The average Bonchev–Trinajstić information content (AvgIpc) is 3.12. The van der Waals surface area contributed by atoms with E-state index >= 15 is 0 Å². The van der Waals surface area contributed by atoms with Gasteiger partial charge < -0.3 is 10.4 Å². The Hall–Kier alpha value is -2.64. The topological polar surface area (TPSA) is 102 Å². The van der Waals surface area contributed by atoms with E-state index in [0.717, 1.165) is 13.0 Å². The lowest BCUT2D eigenvalue weighted by Crippen LogP contribution is -2.29. The third-order valence-electron chi connectivity index (χ3n) is 3.96. The lowest BCUT2D eigenvalue weighted by molar-refractivity contribution is 0.0690. The van der Waals surface area contributed by atoms with Crippen molar-refractivity contribution in [2.75, 3.05) is 6.54 Å². The van der Waals surface area contributed by atoms with Gasteiger partial charge in [0, 0.05) is 37.9 Å². The van der Waals surface area contributed by atoms with E-state index in [9.17, 15) is 9.59 Å². The van der Waals surface area contributed by atoms with E-state index in [4.69, 9.17) is 5.11 Å². The molecule has 0 aliphatic heterocycles. The normalized spacial score (nSPS) is 14.0. The van der Waals surface area contributed by atoms with Crippen LogP contribution in [0.1, 0.15) is 51.7 Å². The molecule has 8 heteroatoms. The predicted molar refractivity (Wildman–Crippen MR) is 81.3 cm³/mol. The molecule has 0 radical (unpaired) electrons. The minimum atomic E-state index is -1.16. The minimum absolute atomic E-state index is 0.0651. The Labute approximate surface area is 133 Å². The second-order valence-electron chi connectivity index (χ2n) is 5.70. The van der Waals surface area contributed by atoms with Gasteiger partial charge in [-0.15, -0.1) is 0 Å². The second-order valence-corrected chi connectivity index (χ2v) is 5.70. The molecule has 8 nitrogen and oxygen atoms in total. The molecule has 1 aliphatic rings. The Morgan fingerprint density at radius 3 is 2.87 bits per heavy atom. The van der Waals surface area contributed by atoms with Gasteiger partial charge in [0.2, 0.25) is 0 Å². The molecule has 2 aromatic heterocycles. The van der Waals surface area contributed by atoms with Crippen LogP contribution >= 0.6 is 0 Å². The Bertz CT molecular complexity index is 729. The molecule has 0 saturated heterocycles. The molecule has 0 atom stereocenters. The summed E-state index contributed by atoms with van der Waals surface area (Å²) in [6.45, 7) is 1.18. The summed E-state index contributed by atoms with van der Waals surface area (Å²) in [7, 11) is 1.55. The lowest BCUT2D eigenvalue weighted by atomic mass is 10.2. The van der Waals surface area contributed by atoms with Gasteiger partial charge in [-0.2, -0.15) is 10.2 Å². The van der Waals surface area contributed by atoms with Crippen molar-refractivity contribution in [2.45, 2.75) is 31.7 Å². The summed E-state index contributed by atoms with van der Waals surface area (Å²) in [5, 5.41) is 19.9. The van der Waals surface area contributed by atoms with Crippen LogP contribution in [0.2, 0.25) is 0 Å². The first kappa shape index (κ1) is 15.3. The Kier molecular flexibility index (Phi) is 4.14. The quantitative estimate of drug-likeness (QED) is 0.742. The zero-order valence-corrected chi connectivity index (χ0v) is 12.9. The summed E-state index contributed by atoms with van der Waals surface area (Å²) in [6, 6.07) is 2.05. The summed E-state index contributed by atoms with van der Waals surface area (Å²) < 4.78 is 3.26. The fourth-order valence-electron chi connectivity index (χ4n) is 2.63. The minimum Gasteiger partial charge on any atom is -0.478 e. The highest BCUT2D eigenvalue weighted by molar-refractivity contribution is 6.03. The molecule has 2 aromatic rings. The van der Waals surface area contributed by atoms with Gasteiger partial charge in [0.25, 0.3) is 5.91 Å². The van der Waals surface area contributed by atoms with Gasteiger partial charge in [-0.3, -0.25) is 14.2 Å². The first-order valence-electron chi connectivity index (χ1n) is 7.63. The summed E-state index contributed by atoms with van der Waals surface area (Å²) in [5.41, 5.74) is 1.24. The maximum Gasteiger partial charge on any atom is 0.339 e. The highest BCUT2D eigenvalue weighted by Crippen LogP contribution is 2.39. The number of carbonyl (C=O) groups is 2. The fourth-order valence-corrected chi connectivity index (χ4v) is 2.63. The van der Waals surface area contributed by atoms with E-state index in [1.807, 2.05) is 10.7 Å². The van der Waals surface area contributed by atoms with Gasteiger partial charge in [0.15, 0.2) is 0 Å². The molecule has 0 aromatic carbocycles. The number of aromatic carboxylic acids is 1. The summed E-state index contributed by atoms with van der Waals surface area (Å²) in [5.74, 6) is -0.946. The Balaban J connectivity index is 1.52. The van der Waals surface area contributed by atoms with E-state index in [2.05, 4.69) is 15.5 Å². The molecule has 2 N–H and O–H groups in total. The molecule has 0 bridgehead atoms. The number of amides is 1. The van der Waals surface area contributed by atoms with Crippen molar-refractivity contribution in [3.05, 3.63) is 35.4 Å². The summed E-state index contributed by atoms with van der Waals surface area (Å²) in [4.78, 5) is 23.2. The molecule has 1 aliphatic carbocycles. The highest BCUT2D eigenvalue weighted by atomic mass is 16.4. The number of carboxylic acids is 1. The molecular weight excluding hydrogens is 298 g/mol. The van der Waals surface area contributed by atoms with Gasteiger partial charge in [-0.1, -0.05) is 0 Å². The molecular formula is C15H19N5O3. The third-order valence-corrected chi connectivity index (χ3v) is 3.96. The molecule has 1 amide bonds. The third kappa shape index (κ3) is 3.25. The van der Waals surface area contributed by atoms with Crippen molar-refractivity contribution in [1.82, 2.24) is 24.9 Å². The van der Waals surface area contributed by atoms with Crippen LogP contribution in [0.4, 0.5) is 0 Å². The highest BCUT2D eigenvalue weighted by Gasteiger charge is 2.26.